The van der Waals surface area contributed by atoms with E-state index in [-0.39, 0.29) is 6.61 Å². The third-order valence-electron chi connectivity index (χ3n) is 2.47. The zero-order chi connectivity index (χ0) is 12.8. The normalized spacial score (nSPS) is 10.3. The molecule has 0 radical (unpaired) electrons. The summed E-state index contributed by atoms with van der Waals surface area (Å²) in [5.74, 6) is 0.659. The minimum absolute atomic E-state index is 0.152. The maximum atomic E-state index is 8.72. The van der Waals surface area contributed by atoms with Crippen molar-refractivity contribution in [2.45, 2.75) is 6.42 Å². The number of hydrogen-bond acceptors (Lipinski definition) is 4. The molecule has 0 aliphatic carbocycles. The molecule has 2 aromatic rings. The molecule has 1 aromatic heterocycles. The molecule has 5 heteroatoms. The quantitative estimate of drug-likeness (QED) is 0.814. The van der Waals surface area contributed by atoms with Gasteiger partial charge in [-0.3, -0.25) is 0 Å². The third kappa shape index (κ3) is 3.18. The minimum atomic E-state index is 0.152. The second-order valence-electron chi connectivity index (χ2n) is 3.80. The Morgan fingerprint density at radius 3 is 2.67 bits per heavy atom. The van der Waals surface area contributed by atoms with E-state index in [1.165, 1.54) is 0 Å². The van der Waals surface area contributed by atoms with Crippen molar-refractivity contribution in [1.29, 1.82) is 0 Å². The lowest BCUT2D eigenvalue weighted by Gasteiger charge is -2.07. The van der Waals surface area contributed by atoms with Crippen molar-refractivity contribution in [2.24, 2.45) is 0 Å². The van der Waals surface area contributed by atoms with Crippen molar-refractivity contribution < 1.29 is 5.11 Å². The Labute approximate surface area is 111 Å². The summed E-state index contributed by atoms with van der Waals surface area (Å²) in [6.45, 7) is 0.806. The molecule has 0 bridgehead atoms. The van der Waals surface area contributed by atoms with Crippen LogP contribution < -0.4 is 5.32 Å². The standard InChI is InChI=1S/C13H14ClN3O/c14-13-11(10-5-2-1-3-6-10)9-12(16-17-13)15-7-4-8-18/h1-3,5-6,9,18H,4,7-8H2,(H,15,16). The van der Waals surface area contributed by atoms with E-state index in [9.17, 15) is 0 Å². The number of rotatable bonds is 5. The zero-order valence-electron chi connectivity index (χ0n) is 9.81. The van der Waals surface area contributed by atoms with Crippen LogP contribution in [0.5, 0.6) is 0 Å². The van der Waals surface area contributed by atoms with E-state index < -0.39 is 0 Å². The Balaban J connectivity index is 2.22. The van der Waals surface area contributed by atoms with Gasteiger partial charge in [0.05, 0.1) is 0 Å². The summed E-state index contributed by atoms with van der Waals surface area (Å²) in [6, 6.07) is 11.7. The van der Waals surface area contributed by atoms with Gasteiger partial charge < -0.3 is 10.4 Å². The van der Waals surface area contributed by atoms with Crippen LogP contribution in [0.3, 0.4) is 0 Å². The van der Waals surface area contributed by atoms with Gasteiger partial charge in [-0.05, 0) is 18.1 Å². The van der Waals surface area contributed by atoms with Crippen LogP contribution in [0.2, 0.25) is 5.15 Å². The first-order valence-corrected chi connectivity index (χ1v) is 6.12. The van der Waals surface area contributed by atoms with Crippen molar-refractivity contribution >= 4 is 17.4 Å². The van der Waals surface area contributed by atoms with Gasteiger partial charge in [0.1, 0.15) is 5.82 Å². The number of nitrogens with zero attached hydrogens (tertiary/aromatic N) is 2. The number of aromatic nitrogens is 2. The van der Waals surface area contributed by atoms with E-state index in [0.717, 1.165) is 11.1 Å². The van der Waals surface area contributed by atoms with E-state index >= 15 is 0 Å². The summed E-state index contributed by atoms with van der Waals surface area (Å²) in [5, 5.41) is 20.1. The smallest absolute Gasteiger partial charge is 0.159 e. The summed E-state index contributed by atoms with van der Waals surface area (Å²) in [4.78, 5) is 0. The summed E-state index contributed by atoms with van der Waals surface area (Å²) >= 11 is 6.05. The monoisotopic (exact) mass is 263 g/mol. The maximum absolute atomic E-state index is 8.72. The highest BCUT2D eigenvalue weighted by Crippen LogP contribution is 2.27. The molecule has 0 saturated heterocycles. The van der Waals surface area contributed by atoms with Gasteiger partial charge in [0.2, 0.25) is 0 Å². The lowest BCUT2D eigenvalue weighted by molar-refractivity contribution is 0.292. The highest BCUT2D eigenvalue weighted by molar-refractivity contribution is 6.32. The molecule has 0 amide bonds. The number of nitrogens with one attached hydrogen (secondary N) is 1. The van der Waals surface area contributed by atoms with Gasteiger partial charge in [-0.15, -0.1) is 10.2 Å². The SMILES string of the molecule is OCCCNc1cc(-c2ccccc2)c(Cl)nn1. The van der Waals surface area contributed by atoms with Crippen LogP contribution >= 0.6 is 11.6 Å². The fraction of sp³-hybridized carbons (Fsp3) is 0.231. The first-order chi connectivity index (χ1) is 8.81. The van der Waals surface area contributed by atoms with Gasteiger partial charge in [0.15, 0.2) is 5.15 Å². The number of anilines is 1. The number of aliphatic hydroxyl groups is 1. The Morgan fingerprint density at radius 2 is 1.94 bits per heavy atom. The predicted octanol–water partition coefficient (Wildman–Crippen LogP) is 2.59. The molecule has 0 saturated carbocycles. The first kappa shape index (κ1) is 12.8. The largest absolute Gasteiger partial charge is 0.396 e. The Morgan fingerprint density at radius 1 is 1.17 bits per heavy atom. The summed E-state index contributed by atoms with van der Waals surface area (Å²) in [6.07, 6.45) is 0.672. The second-order valence-corrected chi connectivity index (χ2v) is 4.16. The highest BCUT2D eigenvalue weighted by atomic mass is 35.5. The molecule has 18 heavy (non-hydrogen) atoms. The van der Waals surface area contributed by atoms with Crippen LogP contribution in [0, 0.1) is 0 Å². The first-order valence-electron chi connectivity index (χ1n) is 5.74. The van der Waals surface area contributed by atoms with Gasteiger partial charge in [-0.25, -0.2) is 0 Å². The molecular formula is C13H14ClN3O. The van der Waals surface area contributed by atoms with Gasteiger partial charge in [-0.1, -0.05) is 41.9 Å². The molecule has 0 aliphatic heterocycles. The van der Waals surface area contributed by atoms with E-state index in [4.69, 9.17) is 16.7 Å². The maximum Gasteiger partial charge on any atom is 0.159 e. The molecule has 1 aromatic carbocycles. The van der Waals surface area contributed by atoms with Gasteiger partial charge in [0.25, 0.3) is 0 Å². The molecule has 2 rings (SSSR count). The van der Waals surface area contributed by atoms with Crippen LogP contribution in [0.1, 0.15) is 6.42 Å². The van der Waals surface area contributed by atoms with E-state index in [1.807, 2.05) is 36.4 Å². The van der Waals surface area contributed by atoms with Crippen molar-refractivity contribution in [2.75, 3.05) is 18.5 Å². The van der Waals surface area contributed by atoms with E-state index in [2.05, 4.69) is 15.5 Å². The van der Waals surface area contributed by atoms with Crippen LogP contribution in [0.25, 0.3) is 11.1 Å². The molecule has 0 fully saturated rings. The van der Waals surface area contributed by atoms with Gasteiger partial charge in [0, 0.05) is 18.7 Å². The molecule has 0 aliphatic rings. The lowest BCUT2D eigenvalue weighted by atomic mass is 10.1. The van der Waals surface area contributed by atoms with Crippen molar-refractivity contribution in [3.05, 3.63) is 41.6 Å². The Kier molecular flexibility index (Phi) is 4.50. The van der Waals surface area contributed by atoms with Crippen LogP contribution in [0.15, 0.2) is 36.4 Å². The highest BCUT2D eigenvalue weighted by Gasteiger charge is 2.06. The summed E-state index contributed by atoms with van der Waals surface area (Å²) in [5.41, 5.74) is 1.85. The number of benzene rings is 1. The molecule has 4 nitrogen and oxygen atoms in total. The molecule has 0 atom stereocenters. The topological polar surface area (TPSA) is 58.0 Å². The van der Waals surface area contributed by atoms with Gasteiger partial charge in [-0.2, -0.15) is 0 Å². The van der Waals surface area contributed by atoms with E-state index in [0.29, 0.717) is 23.9 Å². The molecular weight excluding hydrogens is 250 g/mol. The van der Waals surface area contributed by atoms with Crippen molar-refractivity contribution in [3.8, 4) is 11.1 Å². The zero-order valence-corrected chi connectivity index (χ0v) is 10.6. The average molecular weight is 264 g/mol. The fourth-order valence-electron chi connectivity index (χ4n) is 1.58. The number of aliphatic hydroxyl groups excluding tert-OH is 1. The van der Waals surface area contributed by atoms with Crippen molar-refractivity contribution in [1.82, 2.24) is 10.2 Å². The second kappa shape index (κ2) is 6.33. The van der Waals surface area contributed by atoms with Crippen LogP contribution in [0.4, 0.5) is 5.82 Å². The van der Waals surface area contributed by atoms with Crippen LogP contribution in [-0.4, -0.2) is 28.5 Å². The fourth-order valence-corrected chi connectivity index (χ4v) is 1.78. The minimum Gasteiger partial charge on any atom is -0.396 e. The number of hydrogen-bond donors (Lipinski definition) is 2. The van der Waals surface area contributed by atoms with Gasteiger partial charge >= 0.3 is 0 Å². The summed E-state index contributed by atoms with van der Waals surface area (Å²) in [7, 11) is 0. The number of halogens is 1. The Hall–Kier alpha value is -1.65. The molecule has 1 heterocycles. The average Bonchev–Trinajstić information content (AvgIpc) is 2.42. The predicted molar refractivity (Wildman–Crippen MR) is 72.7 cm³/mol. The van der Waals surface area contributed by atoms with Crippen molar-refractivity contribution in [3.63, 3.8) is 0 Å². The molecule has 0 spiro atoms. The lowest BCUT2D eigenvalue weighted by Crippen LogP contribution is -2.06. The van der Waals surface area contributed by atoms with E-state index in [1.54, 1.807) is 0 Å². The third-order valence-corrected chi connectivity index (χ3v) is 2.75. The Bertz CT molecular complexity index is 505. The molecule has 2 N–H and O–H groups in total. The summed E-state index contributed by atoms with van der Waals surface area (Å²) < 4.78 is 0. The molecule has 94 valence electrons. The van der Waals surface area contributed by atoms with Crippen LogP contribution in [-0.2, 0) is 0 Å². The molecule has 0 unspecified atom stereocenters.